The van der Waals surface area contributed by atoms with Gasteiger partial charge in [-0.2, -0.15) is 0 Å². The second kappa shape index (κ2) is 7.02. The number of rotatable bonds is 2. The van der Waals surface area contributed by atoms with E-state index in [1.54, 1.807) is 5.56 Å². The molecular weight excluding hydrogens is 378 g/mol. The minimum absolute atomic E-state index is 0.0224. The van der Waals surface area contributed by atoms with Crippen molar-refractivity contribution in [2.45, 2.75) is 82.6 Å². The van der Waals surface area contributed by atoms with Crippen molar-refractivity contribution in [3.8, 4) is 5.75 Å². The lowest BCUT2D eigenvalue weighted by Crippen LogP contribution is -2.64. The zero-order valence-corrected chi connectivity index (χ0v) is 19.5. The highest BCUT2D eigenvalue weighted by molar-refractivity contribution is 5.74. The molecule has 0 saturated heterocycles. The molecule has 2 nitrogen and oxygen atoms in total. The van der Waals surface area contributed by atoms with E-state index in [4.69, 9.17) is 4.74 Å². The largest absolute Gasteiger partial charge is 0.496 e. The van der Waals surface area contributed by atoms with Gasteiger partial charge in [0.25, 0.3) is 0 Å². The van der Waals surface area contributed by atoms with Crippen molar-refractivity contribution < 1.29 is 4.74 Å². The van der Waals surface area contributed by atoms with Crippen LogP contribution in [0, 0.1) is 31.6 Å². The van der Waals surface area contributed by atoms with Crippen LogP contribution in [-0.2, 0) is 11.0 Å². The molecular formula is C29H37NO. The molecule has 6 rings (SSSR count). The molecule has 0 bridgehead atoms. The third-order valence-electron chi connectivity index (χ3n) is 9.74. The van der Waals surface area contributed by atoms with Crippen LogP contribution < -0.4 is 10.1 Å². The molecule has 5 atom stereocenters. The Kier molecular flexibility index (Phi) is 4.46. The number of fused-ring (bicyclic) bond motifs is 3. The molecule has 4 aliphatic rings. The SMILES string of the molecule is COc1c(C)cc2c(c1C)C13CCCCC1CC1CCCCC1C3(c1ccccc1)N2. The molecule has 164 valence electrons. The third-order valence-corrected chi connectivity index (χ3v) is 9.74. The van der Waals surface area contributed by atoms with E-state index in [1.165, 1.54) is 80.2 Å². The minimum Gasteiger partial charge on any atom is -0.496 e. The minimum atomic E-state index is 0.0224. The zero-order valence-electron chi connectivity index (χ0n) is 19.5. The third kappa shape index (κ3) is 2.40. The summed E-state index contributed by atoms with van der Waals surface area (Å²) in [4.78, 5) is 0. The standard InChI is InChI=1S/C29H37NO/c1-19-17-25-26(20(2)27(19)31-3)28-16-10-9-14-23(28)18-21-11-7-8-15-24(21)29(28,30-25)22-12-5-4-6-13-22/h4-6,12-13,17,21,23-24,30H,7-11,14-16,18H2,1-3H3. The quantitative estimate of drug-likeness (QED) is 0.557. The summed E-state index contributed by atoms with van der Waals surface area (Å²) in [5.41, 5.74) is 7.40. The molecule has 0 amide bonds. The summed E-state index contributed by atoms with van der Waals surface area (Å²) in [5.74, 6) is 3.45. The van der Waals surface area contributed by atoms with Crippen molar-refractivity contribution in [1.29, 1.82) is 0 Å². The molecule has 2 heteroatoms. The average Bonchev–Trinajstić information content (AvgIpc) is 3.09. The van der Waals surface area contributed by atoms with Crippen LogP contribution >= 0.6 is 0 Å². The lowest BCUT2D eigenvalue weighted by Gasteiger charge is -2.63. The average molecular weight is 416 g/mol. The smallest absolute Gasteiger partial charge is 0.125 e. The van der Waals surface area contributed by atoms with Crippen LogP contribution in [0.2, 0.25) is 0 Å². The van der Waals surface area contributed by atoms with Crippen molar-refractivity contribution >= 4 is 5.69 Å². The van der Waals surface area contributed by atoms with E-state index in [2.05, 4.69) is 55.6 Å². The summed E-state index contributed by atoms with van der Waals surface area (Å²) in [5, 5.41) is 4.33. The van der Waals surface area contributed by atoms with Gasteiger partial charge >= 0.3 is 0 Å². The molecule has 3 saturated carbocycles. The van der Waals surface area contributed by atoms with Crippen LogP contribution in [0.4, 0.5) is 5.69 Å². The Hall–Kier alpha value is -1.96. The van der Waals surface area contributed by atoms with Crippen molar-refractivity contribution in [3.63, 3.8) is 0 Å². The highest BCUT2D eigenvalue weighted by atomic mass is 16.5. The number of hydrogen-bond donors (Lipinski definition) is 1. The van der Waals surface area contributed by atoms with Crippen LogP contribution in [0.1, 0.15) is 80.0 Å². The Morgan fingerprint density at radius 3 is 2.55 bits per heavy atom. The number of ether oxygens (including phenoxy) is 1. The fourth-order valence-corrected chi connectivity index (χ4v) is 8.98. The summed E-state index contributed by atoms with van der Waals surface area (Å²) in [6.45, 7) is 4.55. The van der Waals surface area contributed by atoms with Gasteiger partial charge in [-0.05, 0) is 85.6 Å². The van der Waals surface area contributed by atoms with Crippen molar-refractivity contribution in [2.24, 2.45) is 17.8 Å². The van der Waals surface area contributed by atoms with E-state index in [-0.39, 0.29) is 11.0 Å². The molecule has 5 unspecified atom stereocenters. The van der Waals surface area contributed by atoms with Gasteiger partial charge in [-0.25, -0.2) is 0 Å². The predicted molar refractivity (Wildman–Crippen MR) is 128 cm³/mol. The summed E-state index contributed by atoms with van der Waals surface area (Å²) in [7, 11) is 1.85. The maximum atomic E-state index is 5.97. The van der Waals surface area contributed by atoms with Gasteiger partial charge in [0.1, 0.15) is 5.75 Å². The predicted octanol–water partition coefficient (Wildman–Crippen LogP) is 7.27. The highest BCUT2D eigenvalue weighted by Crippen LogP contribution is 2.71. The number of aryl methyl sites for hydroxylation is 1. The number of nitrogens with one attached hydrogen (secondary N) is 1. The maximum absolute atomic E-state index is 5.97. The summed E-state index contributed by atoms with van der Waals surface area (Å²) < 4.78 is 5.97. The number of anilines is 1. The second-order valence-electron chi connectivity index (χ2n) is 10.9. The first-order valence-electron chi connectivity index (χ1n) is 12.7. The molecule has 31 heavy (non-hydrogen) atoms. The molecule has 1 aliphatic heterocycles. The topological polar surface area (TPSA) is 21.3 Å². The Balaban J connectivity index is 1.69. The van der Waals surface area contributed by atoms with E-state index in [0.717, 1.165) is 23.5 Å². The lowest BCUT2D eigenvalue weighted by molar-refractivity contribution is -0.0438. The van der Waals surface area contributed by atoms with Gasteiger partial charge in [0, 0.05) is 11.1 Å². The lowest BCUT2D eigenvalue weighted by atomic mass is 9.42. The van der Waals surface area contributed by atoms with Crippen molar-refractivity contribution in [1.82, 2.24) is 0 Å². The summed E-state index contributed by atoms with van der Waals surface area (Å²) in [6.07, 6.45) is 12.5. The first-order chi connectivity index (χ1) is 15.1. The monoisotopic (exact) mass is 415 g/mol. The van der Waals surface area contributed by atoms with Crippen LogP contribution in [0.5, 0.6) is 5.75 Å². The molecule has 1 heterocycles. The molecule has 3 fully saturated rings. The van der Waals surface area contributed by atoms with E-state index in [9.17, 15) is 0 Å². The summed E-state index contributed by atoms with van der Waals surface area (Å²) in [6, 6.07) is 14.0. The van der Waals surface area contributed by atoms with Gasteiger partial charge in [-0.1, -0.05) is 62.4 Å². The molecule has 3 aliphatic carbocycles. The summed E-state index contributed by atoms with van der Waals surface area (Å²) >= 11 is 0. The fourth-order valence-electron chi connectivity index (χ4n) is 8.98. The molecule has 0 aromatic heterocycles. The number of hydrogen-bond acceptors (Lipinski definition) is 2. The van der Waals surface area contributed by atoms with E-state index >= 15 is 0 Å². The van der Waals surface area contributed by atoms with Gasteiger partial charge in [0.2, 0.25) is 0 Å². The van der Waals surface area contributed by atoms with Gasteiger partial charge in [0.15, 0.2) is 0 Å². The molecule has 1 N–H and O–H groups in total. The van der Waals surface area contributed by atoms with Crippen LogP contribution in [0.25, 0.3) is 0 Å². The van der Waals surface area contributed by atoms with Crippen molar-refractivity contribution in [3.05, 3.63) is 58.7 Å². The van der Waals surface area contributed by atoms with E-state index in [1.807, 2.05) is 7.11 Å². The maximum Gasteiger partial charge on any atom is 0.125 e. The number of methoxy groups -OCH3 is 1. The van der Waals surface area contributed by atoms with Gasteiger partial charge in [-0.3, -0.25) is 0 Å². The zero-order chi connectivity index (χ0) is 21.2. The van der Waals surface area contributed by atoms with Crippen LogP contribution in [-0.4, -0.2) is 7.11 Å². The Morgan fingerprint density at radius 1 is 0.968 bits per heavy atom. The molecule has 0 radical (unpaired) electrons. The van der Waals surface area contributed by atoms with E-state index < -0.39 is 0 Å². The van der Waals surface area contributed by atoms with Gasteiger partial charge in [0.05, 0.1) is 12.6 Å². The Morgan fingerprint density at radius 2 is 1.74 bits per heavy atom. The van der Waals surface area contributed by atoms with Crippen molar-refractivity contribution in [2.75, 3.05) is 12.4 Å². The Labute approximate surface area is 187 Å². The molecule has 2 aromatic carbocycles. The van der Waals surface area contributed by atoms with Crippen LogP contribution in [0.3, 0.4) is 0 Å². The fraction of sp³-hybridized carbons (Fsp3) is 0.586. The van der Waals surface area contributed by atoms with E-state index in [0.29, 0.717) is 0 Å². The van der Waals surface area contributed by atoms with Crippen LogP contribution in [0.15, 0.2) is 36.4 Å². The Bertz CT molecular complexity index is 998. The number of benzene rings is 2. The van der Waals surface area contributed by atoms with Gasteiger partial charge < -0.3 is 10.1 Å². The first-order valence-corrected chi connectivity index (χ1v) is 12.7. The first kappa shape index (κ1) is 19.7. The normalized spacial score (nSPS) is 35.9. The van der Waals surface area contributed by atoms with Gasteiger partial charge in [-0.15, -0.1) is 0 Å². The highest BCUT2D eigenvalue weighted by Gasteiger charge is 2.69. The molecule has 2 aromatic rings. The molecule has 1 spiro atoms. The second-order valence-corrected chi connectivity index (χ2v) is 10.9.